The molecule has 28 heavy (non-hydrogen) atoms. The predicted octanol–water partition coefficient (Wildman–Crippen LogP) is 4.28. The standard InChI is InChI=1S/C22H28ClN3OS/c1-3-21(28-20-10-6-18(23)7-11-20)22(27)24-16-17-4-8-19(9-5-17)26-14-12-25(2)13-15-26/h4-11,21H,3,12-16H2,1-2H3,(H,24,27)/t21-/m0/s1. The number of halogens is 1. The summed E-state index contributed by atoms with van der Waals surface area (Å²) in [5.41, 5.74) is 2.38. The van der Waals surface area contributed by atoms with Crippen molar-refractivity contribution in [2.75, 3.05) is 38.1 Å². The lowest BCUT2D eigenvalue weighted by molar-refractivity contribution is -0.120. The highest BCUT2D eigenvalue weighted by Gasteiger charge is 2.18. The van der Waals surface area contributed by atoms with Gasteiger partial charge in [-0.2, -0.15) is 0 Å². The van der Waals surface area contributed by atoms with Crippen molar-refractivity contribution in [1.82, 2.24) is 10.2 Å². The van der Waals surface area contributed by atoms with Crippen molar-refractivity contribution in [3.8, 4) is 0 Å². The minimum Gasteiger partial charge on any atom is -0.369 e. The third kappa shape index (κ3) is 5.90. The number of amides is 1. The Kier molecular flexibility index (Phi) is 7.65. The van der Waals surface area contributed by atoms with Crippen LogP contribution >= 0.6 is 23.4 Å². The van der Waals surface area contributed by atoms with Crippen LogP contribution in [0.15, 0.2) is 53.4 Å². The Morgan fingerprint density at radius 1 is 1.07 bits per heavy atom. The van der Waals surface area contributed by atoms with E-state index in [1.54, 1.807) is 11.8 Å². The molecule has 1 aliphatic rings. The SMILES string of the molecule is CC[C@H](Sc1ccc(Cl)cc1)C(=O)NCc1ccc(N2CCN(C)CC2)cc1. The van der Waals surface area contributed by atoms with Crippen molar-refractivity contribution >= 4 is 35.0 Å². The van der Waals surface area contributed by atoms with Crippen LogP contribution in [0.25, 0.3) is 0 Å². The lowest BCUT2D eigenvalue weighted by Crippen LogP contribution is -2.44. The molecule has 2 aromatic rings. The number of rotatable bonds is 7. The monoisotopic (exact) mass is 417 g/mol. The average molecular weight is 418 g/mol. The third-order valence-electron chi connectivity index (χ3n) is 5.03. The summed E-state index contributed by atoms with van der Waals surface area (Å²) in [6.45, 7) is 6.92. The number of hydrogen-bond donors (Lipinski definition) is 1. The second-order valence-electron chi connectivity index (χ2n) is 7.14. The molecule has 0 radical (unpaired) electrons. The van der Waals surface area contributed by atoms with E-state index in [0.717, 1.165) is 43.1 Å². The summed E-state index contributed by atoms with van der Waals surface area (Å²) in [4.78, 5) is 18.4. The fourth-order valence-electron chi connectivity index (χ4n) is 3.19. The zero-order valence-electron chi connectivity index (χ0n) is 16.5. The number of carbonyl (C=O) groups excluding carboxylic acids is 1. The quantitative estimate of drug-likeness (QED) is 0.682. The summed E-state index contributed by atoms with van der Waals surface area (Å²) in [5, 5.41) is 3.68. The second-order valence-corrected chi connectivity index (χ2v) is 8.86. The van der Waals surface area contributed by atoms with E-state index >= 15 is 0 Å². The summed E-state index contributed by atoms with van der Waals surface area (Å²) in [6, 6.07) is 16.2. The lowest BCUT2D eigenvalue weighted by Gasteiger charge is -2.34. The van der Waals surface area contributed by atoms with Gasteiger partial charge in [0.25, 0.3) is 0 Å². The fourth-order valence-corrected chi connectivity index (χ4v) is 4.30. The molecule has 1 amide bonds. The van der Waals surface area contributed by atoms with Crippen LogP contribution in [0, 0.1) is 0 Å². The molecule has 1 atom stereocenters. The Hall–Kier alpha value is -1.69. The first-order valence-corrected chi connectivity index (χ1v) is 11.0. The number of piperazine rings is 1. The van der Waals surface area contributed by atoms with E-state index < -0.39 is 0 Å². The van der Waals surface area contributed by atoms with Gasteiger partial charge < -0.3 is 15.1 Å². The van der Waals surface area contributed by atoms with Crippen LogP contribution in [0.2, 0.25) is 5.02 Å². The Morgan fingerprint density at radius 2 is 1.71 bits per heavy atom. The predicted molar refractivity (Wildman–Crippen MR) is 119 cm³/mol. The molecule has 1 N–H and O–H groups in total. The van der Waals surface area contributed by atoms with Crippen LogP contribution in [0.3, 0.4) is 0 Å². The van der Waals surface area contributed by atoms with E-state index in [0.29, 0.717) is 11.6 Å². The normalized spacial score (nSPS) is 16.0. The second kappa shape index (κ2) is 10.2. The van der Waals surface area contributed by atoms with Crippen LogP contribution in [-0.2, 0) is 11.3 Å². The number of likely N-dealkylation sites (N-methyl/N-ethyl adjacent to an activating group) is 1. The van der Waals surface area contributed by atoms with Gasteiger partial charge in [-0.15, -0.1) is 11.8 Å². The van der Waals surface area contributed by atoms with E-state index in [1.165, 1.54) is 5.69 Å². The van der Waals surface area contributed by atoms with Crippen molar-refractivity contribution in [2.45, 2.75) is 30.0 Å². The molecule has 150 valence electrons. The number of thioether (sulfide) groups is 1. The smallest absolute Gasteiger partial charge is 0.233 e. The van der Waals surface area contributed by atoms with Crippen molar-refractivity contribution < 1.29 is 4.79 Å². The van der Waals surface area contributed by atoms with Gasteiger partial charge in [0.2, 0.25) is 5.91 Å². The van der Waals surface area contributed by atoms with Gasteiger partial charge in [0.05, 0.1) is 5.25 Å². The zero-order chi connectivity index (χ0) is 19.9. The van der Waals surface area contributed by atoms with Crippen molar-refractivity contribution in [3.05, 3.63) is 59.1 Å². The largest absolute Gasteiger partial charge is 0.369 e. The van der Waals surface area contributed by atoms with Gasteiger partial charge in [-0.1, -0.05) is 30.7 Å². The molecule has 0 bridgehead atoms. The van der Waals surface area contributed by atoms with E-state index in [1.807, 2.05) is 31.2 Å². The van der Waals surface area contributed by atoms with E-state index in [9.17, 15) is 4.79 Å². The minimum atomic E-state index is -0.106. The summed E-state index contributed by atoms with van der Waals surface area (Å²) in [7, 11) is 2.16. The first-order valence-electron chi connectivity index (χ1n) is 9.77. The lowest BCUT2D eigenvalue weighted by atomic mass is 10.1. The molecule has 1 fully saturated rings. The van der Waals surface area contributed by atoms with Crippen molar-refractivity contribution in [3.63, 3.8) is 0 Å². The zero-order valence-corrected chi connectivity index (χ0v) is 18.1. The number of nitrogens with zero attached hydrogens (tertiary/aromatic N) is 2. The van der Waals surface area contributed by atoms with Crippen molar-refractivity contribution in [2.24, 2.45) is 0 Å². The maximum Gasteiger partial charge on any atom is 0.233 e. The molecule has 2 aromatic carbocycles. The van der Waals surface area contributed by atoms with E-state index in [2.05, 4.69) is 46.4 Å². The average Bonchev–Trinajstić information content (AvgIpc) is 2.72. The van der Waals surface area contributed by atoms with Gasteiger partial charge in [0.15, 0.2) is 0 Å². The molecule has 3 rings (SSSR count). The van der Waals surface area contributed by atoms with Gasteiger partial charge in [0.1, 0.15) is 0 Å². The molecule has 0 unspecified atom stereocenters. The Bertz CT molecular complexity index is 758. The molecule has 1 aliphatic heterocycles. The van der Waals surface area contributed by atoms with Crippen LogP contribution < -0.4 is 10.2 Å². The maximum absolute atomic E-state index is 12.6. The van der Waals surface area contributed by atoms with Crippen LogP contribution in [-0.4, -0.2) is 49.3 Å². The molecule has 6 heteroatoms. The van der Waals surface area contributed by atoms with Crippen LogP contribution in [0.1, 0.15) is 18.9 Å². The highest BCUT2D eigenvalue weighted by atomic mass is 35.5. The summed E-state index contributed by atoms with van der Waals surface area (Å²) >= 11 is 7.52. The van der Waals surface area contributed by atoms with E-state index in [-0.39, 0.29) is 11.2 Å². The van der Waals surface area contributed by atoms with Gasteiger partial charge in [-0.25, -0.2) is 0 Å². The first kappa shape index (κ1) is 21.0. The minimum absolute atomic E-state index is 0.0746. The molecule has 0 saturated carbocycles. The van der Waals surface area contributed by atoms with Gasteiger partial charge in [0, 0.05) is 48.3 Å². The third-order valence-corrected chi connectivity index (χ3v) is 6.65. The maximum atomic E-state index is 12.6. The Morgan fingerprint density at radius 3 is 2.32 bits per heavy atom. The molecule has 0 aromatic heterocycles. The van der Waals surface area contributed by atoms with E-state index in [4.69, 9.17) is 11.6 Å². The number of anilines is 1. The van der Waals surface area contributed by atoms with Crippen LogP contribution in [0.5, 0.6) is 0 Å². The topological polar surface area (TPSA) is 35.6 Å². The summed E-state index contributed by atoms with van der Waals surface area (Å²) in [5.74, 6) is 0.0746. The number of nitrogens with one attached hydrogen (secondary N) is 1. The molecule has 1 heterocycles. The highest BCUT2D eigenvalue weighted by Crippen LogP contribution is 2.27. The number of carbonyl (C=O) groups is 1. The molecular formula is C22H28ClN3OS. The summed E-state index contributed by atoms with van der Waals surface area (Å²) < 4.78 is 0. The Balaban J connectivity index is 1.50. The van der Waals surface area contributed by atoms with Crippen molar-refractivity contribution in [1.29, 1.82) is 0 Å². The molecular weight excluding hydrogens is 390 g/mol. The van der Waals surface area contributed by atoms with Gasteiger partial charge >= 0.3 is 0 Å². The van der Waals surface area contributed by atoms with Gasteiger partial charge in [-0.3, -0.25) is 4.79 Å². The van der Waals surface area contributed by atoms with Crippen LogP contribution in [0.4, 0.5) is 5.69 Å². The first-order chi connectivity index (χ1) is 13.5. The highest BCUT2D eigenvalue weighted by molar-refractivity contribution is 8.00. The molecule has 4 nitrogen and oxygen atoms in total. The number of hydrogen-bond acceptors (Lipinski definition) is 4. The fraction of sp³-hybridized carbons (Fsp3) is 0.409. The summed E-state index contributed by atoms with van der Waals surface area (Å²) in [6.07, 6.45) is 0.779. The van der Waals surface area contributed by atoms with Gasteiger partial charge in [-0.05, 0) is 55.4 Å². The molecule has 0 aliphatic carbocycles. The Labute approximate surface area is 177 Å². The molecule has 0 spiro atoms. The molecule has 1 saturated heterocycles. The number of benzene rings is 2.